The molecule has 1 heterocycles. The van der Waals surface area contributed by atoms with Crippen LogP contribution in [0.5, 0.6) is 0 Å². The minimum atomic E-state index is -0.303. The van der Waals surface area contributed by atoms with E-state index in [2.05, 4.69) is 11.8 Å². The van der Waals surface area contributed by atoms with Crippen molar-refractivity contribution in [3.05, 3.63) is 29.6 Å². The van der Waals surface area contributed by atoms with Crippen LogP contribution in [0.25, 0.3) is 0 Å². The van der Waals surface area contributed by atoms with Crippen molar-refractivity contribution in [2.75, 3.05) is 18.8 Å². The summed E-state index contributed by atoms with van der Waals surface area (Å²) < 4.78 is 13.3. The molecule has 0 amide bonds. The molecule has 0 aromatic heterocycles. The summed E-state index contributed by atoms with van der Waals surface area (Å²) in [7, 11) is 0. The topological polar surface area (TPSA) is 29.3 Å². The number of benzene rings is 1. The lowest BCUT2D eigenvalue weighted by Crippen LogP contribution is -2.32. The van der Waals surface area contributed by atoms with Gasteiger partial charge in [0.05, 0.1) is 5.69 Å². The summed E-state index contributed by atoms with van der Waals surface area (Å²) in [6.07, 6.45) is 2.49. The van der Waals surface area contributed by atoms with Crippen molar-refractivity contribution in [3.8, 4) is 0 Å². The molecule has 1 aliphatic rings. The molecule has 2 N–H and O–H groups in total. The fourth-order valence-corrected chi connectivity index (χ4v) is 2.15. The molecule has 0 bridgehead atoms. The van der Waals surface area contributed by atoms with Crippen LogP contribution in [-0.4, -0.2) is 18.0 Å². The number of hydrogen-bond acceptors (Lipinski definition) is 2. The highest BCUT2D eigenvalue weighted by Gasteiger charge is 2.15. The van der Waals surface area contributed by atoms with E-state index in [4.69, 9.17) is 5.73 Å². The molecule has 0 aliphatic carbocycles. The summed E-state index contributed by atoms with van der Waals surface area (Å²) >= 11 is 0. The van der Waals surface area contributed by atoms with Crippen molar-refractivity contribution < 1.29 is 4.39 Å². The maximum atomic E-state index is 13.3. The molecule has 0 radical (unpaired) electrons. The predicted molar refractivity (Wildman–Crippen MR) is 64.5 cm³/mol. The van der Waals surface area contributed by atoms with Crippen molar-refractivity contribution in [1.29, 1.82) is 0 Å². The van der Waals surface area contributed by atoms with E-state index < -0.39 is 0 Å². The lowest BCUT2D eigenvalue weighted by Gasteiger charge is -2.30. The Kier molecular flexibility index (Phi) is 3.44. The molecule has 1 aliphatic heterocycles. The van der Waals surface area contributed by atoms with Gasteiger partial charge >= 0.3 is 0 Å². The third kappa shape index (κ3) is 2.73. The predicted octanol–water partition coefficient (Wildman–Crippen LogP) is 2.64. The monoisotopic (exact) mass is 222 g/mol. The number of nitrogens with two attached hydrogens (primary N) is 1. The Morgan fingerprint density at radius 1 is 1.38 bits per heavy atom. The van der Waals surface area contributed by atoms with E-state index in [0.717, 1.165) is 31.1 Å². The quantitative estimate of drug-likeness (QED) is 0.779. The highest BCUT2D eigenvalue weighted by molar-refractivity contribution is 5.41. The minimum absolute atomic E-state index is 0.232. The smallest absolute Gasteiger partial charge is 0.146 e. The molecule has 1 saturated heterocycles. The number of likely N-dealkylation sites (tertiary alicyclic amines) is 1. The zero-order valence-corrected chi connectivity index (χ0v) is 9.75. The highest BCUT2D eigenvalue weighted by Crippen LogP contribution is 2.19. The van der Waals surface area contributed by atoms with Crippen LogP contribution >= 0.6 is 0 Å². The van der Waals surface area contributed by atoms with E-state index in [-0.39, 0.29) is 11.5 Å². The molecular formula is C13H19FN2. The van der Waals surface area contributed by atoms with Crippen LogP contribution in [0.2, 0.25) is 0 Å². The maximum Gasteiger partial charge on any atom is 0.146 e. The van der Waals surface area contributed by atoms with E-state index in [1.165, 1.54) is 12.8 Å². The third-order valence-corrected chi connectivity index (χ3v) is 3.35. The van der Waals surface area contributed by atoms with Gasteiger partial charge in [-0.3, -0.25) is 4.90 Å². The normalized spacial score (nSPS) is 18.9. The van der Waals surface area contributed by atoms with Crippen molar-refractivity contribution in [2.45, 2.75) is 26.3 Å². The Balaban J connectivity index is 1.96. The number of nitrogens with zero attached hydrogens (tertiary/aromatic N) is 1. The Morgan fingerprint density at radius 2 is 2.06 bits per heavy atom. The molecule has 0 spiro atoms. The van der Waals surface area contributed by atoms with Gasteiger partial charge in [-0.2, -0.15) is 0 Å². The minimum Gasteiger partial charge on any atom is -0.396 e. The van der Waals surface area contributed by atoms with Crippen LogP contribution in [-0.2, 0) is 6.54 Å². The summed E-state index contributed by atoms with van der Waals surface area (Å²) in [6, 6.07) is 5.11. The number of nitrogen functional groups attached to an aromatic ring is 1. The van der Waals surface area contributed by atoms with Gasteiger partial charge in [0, 0.05) is 6.54 Å². The second-order valence-corrected chi connectivity index (χ2v) is 4.81. The van der Waals surface area contributed by atoms with Crippen molar-refractivity contribution in [3.63, 3.8) is 0 Å². The van der Waals surface area contributed by atoms with Gasteiger partial charge in [-0.25, -0.2) is 4.39 Å². The Bertz CT molecular complexity index is 357. The van der Waals surface area contributed by atoms with E-state index in [9.17, 15) is 4.39 Å². The van der Waals surface area contributed by atoms with E-state index in [0.29, 0.717) is 0 Å². The molecule has 1 fully saturated rings. The van der Waals surface area contributed by atoms with Gasteiger partial charge < -0.3 is 5.73 Å². The second kappa shape index (κ2) is 4.83. The summed E-state index contributed by atoms with van der Waals surface area (Å²) in [5.41, 5.74) is 6.70. The Hall–Kier alpha value is -1.09. The molecule has 1 aromatic carbocycles. The van der Waals surface area contributed by atoms with Gasteiger partial charge in [0.15, 0.2) is 0 Å². The molecule has 0 unspecified atom stereocenters. The third-order valence-electron chi connectivity index (χ3n) is 3.35. The van der Waals surface area contributed by atoms with E-state index >= 15 is 0 Å². The van der Waals surface area contributed by atoms with Gasteiger partial charge in [-0.1, -0.05) is 13.0 Å². The molecule has 0 atom stereocenters. The van der Waals surface area contributed by atoms with Gasteiger partial charge in [0.25, 0.3) is 0 Å². The van der Waals surface area contributed by atoms with Crippen LogP contribution in [0.15, 0.2) is 18.2 Å². The zero-order valence-electron chi connectivity index (χ0n) is 9.75. The standard InChI is InChI=1S/C13H19FN2/c1-10-4-6-16(7-5-10)9-11-2-3-13(15)12(14)8-11/h2-3,8,10H,4-7,9,15H2,1H3. The summed E-state index contributed by atoms with van der Waals surface area (Å²) in [6.45, 7) is 5.37. The average molecular weight is 222 g/mol. The van der Waals surface area contributed by atoms with Crippen molar-refractivity contribution >= 4 is 5.69 Å². The molecule has 1 aromatic rings. The zero-order chi connectivity index (χ0) is 11.5. The van der Waals surface area contributed by atoms with Crippen molar-refractivity contribution in [2.24, 2.45) is 5.92 Å². The van der Waals surface area contributed by atoms with Gasteiger partial charge in [0.2, 0.25) is 0 Å². The average Bonchev–Trinajstić information content (AvgIpc) is 2.27. The Labute approximate surface area is 96.2 Å². The van der Waals surface area contributed by atoms with Crippen molar-refractivity contribution in [1.82, 2.24) is 4.90 Å². The largest absolute Gasteiger partial charge is 0.396 e. The molecular weight excluding hydrogens is 203 g/mol. The lowest BCUT2D eigenvalue weighted by molar-refractivity contribution is 0.185. The summed E-state index contributed by atoms with van der Waals surface area (Å²) in [4.78, 5) is 2.38. The van der Waals surface area contributed by atoms with Gasteiger partial charge in [-0.05, 0) is 49.5 Å². The first kappa shape index (κ1) is 11.4. The van der Waals surface area contributed by atoms with Gasteiger partial charge in [-0.15, -0.1) is 0 Å². The van der Waals surface area contributed by atoms with Crippen LogP contribution in [0.4, 0.5) is 10.1 Å². The fraction of sp³-hybridized carbons (Fsp3) is 0.538. The fourth-order valence-electron chi connectivity index (χ4n) is 2.15. The summed E-state index contributed by atoms with van der Waals surface area (Å²) in [5, 5.41) is 0. The number of anilines is 1. The number of rotatable bonds is 2. The first-order chi connectivity index (χ1) is 7.65. The van der Waals surface area contributed by atoms with Crippen LogP contribution in [0.1, 0.15) is 25.3 Å². The summed E-state index contributed by atoms with van der Waals surface area (Å²) in [5.74, 6) is 0.530. The van der Waals surface area contributed by atoms with E-state index in [1.54, 1.807) is 12.1 Å². The van der Waals surface area contributed by atoms with Crippen LogP contribution < -0.4 is 5.73 Å². The van der Waals surface area contributed by atoms with Gasteiger partial charge in [0.1, 0.15) is 5.82 Å². The van der Waals surface area contributed by atoms with Crippen LogP contribution in [0, 0.1) is 11.7 Å². The molecule has 88 valence electrons. The van der Waals surface area contributed by atoms with E-state index in [1.807, 2.05) is 6.07 Å². The number of hydrogen-bond donors (Lipinski definition) is 1. The lowest BCUT2D eigenvalue weighted by atomic mass is 9.99. The second-order valence-electron chi connectivity index (χ2n) is 4.81. The first-order valence-corrected chi connectivity index (χ1v) is 5.91. The highest BCUT2D eigenvalue weighted by atomic mass is 19.1. The molecule has 3 heteroatoms. The first-order valence-electron chi connectivity index (χ1n) is 5.91. The maximum absolute atomic E-state index is 13.3. The number of halogens is 1. The molecule has 0 saturated carbocycles. The molecule has 2 nitrogen and oxygen atoms in total. The van der Waals surface area contributed by atoms with Crippen LogP contribution in [0.3, 0.4) is 0 Å². The number of piperidine rings is 1. The SMILES string of the molecule is CC1CCN(Cc2ccc(N)c(F)c2)CC1. The molecule has 16 heavy (non-hydrogen) atoms. The molecule has 2 rings (SSSR count). The Morgan fingerprint density at radius 3 is 2.69 bits per heavy atom.